The number of hydrogen-bond donors (Lipinski definition) is 5. The van der Waals surface area contributed by atoms with E-state index in [9.17, 15) is 29.7 Å². The first-order valence-corrected chi connectivity index (χ1v) is 21.3. The Morgan fingerprint density at radius 2 is 1.86 bits per heavy atom. The number of aliphatic carboxylic acids is 1. The number of carbonyl (C=O) groups is 4. The Labute approximate surface area is 348 Å². The van der Waals surface area contributed by atoms with Crippen LogP contribution in [0.3, 0.4) is 0 Å². The van der Waals surface area contributed by atoms with E-state index in [2.05, 4.69) is 35.5 Å². The Bertz CT molecular complexity index is 1990. The maximum absolute atomic E-state index is 15.0. The quantitative estimate of drug-likeness (QED) is 0.104. The molecule has 1 amide bonds. The number of H-pyrrole nitrogens is 1. The summed E-state index contributed by atoms with van der Waals surface area (Å²) in [6.07, 6.45) is 14.0. The van der Waals surface area contributed by atoms with Crippen molar-refractivity contribution in [1.29, 1.82) is 0 Å². The third-order valence-electron chi connectivity index (χ3n) is 14.2. The van der Waals surface area contributed by atoms with Gasteiger partial charge in [0.05, 0.1) is 34.8 Å². The average molecular weight is 842 g/mol. The SMILES string of the molecule is CC[C@H]1C[C@]23OC(=O)C(=C(O)[C@@]4(CC)[C@@H]5CC[C@H](C)[C@H](O[C@H]6C[C@@H](O)[C@H](NC(=O)c7[nH]c(Cl)cc7Cl)[C@@H](C)O6)[C@H]5C=C[C@H]4C/C=C/C/C=C/[C@@]2(C)C=C1C(=O)O)C3=O. The molecule has 0 radical (unpaired) electrons. The lowest BCUT2D eigenvalue weighted by atomic mass is 9.51. The number of fused-ring (bicyclic) bond motifs is 4. The monoisotopic (exact) mass is 840 g/mol. The molecule has 1 aromatic rings. The van der Waals surface area contributed by atoms with Crippen molar-refractivity contribution >= 4 is 46.8 Å². The lowest BCUT2D eigenvalue weighted by Gasteiger charge is -2.55. The second kappa shape index (κ2) is 16.1. The standard InChI is InChI=1S/C44H54Cl2N2O10/c1-6-24-20-44-38(51)33(41(55)58-44)37(50)43(7-2)25(12-10-8-9-11-17-42(44,5)21-27(24)40(53)54)14-15-26-28(43)16-13-22(3)36(26)57-32-19-30(49)34(23(4)56-32)48-39(52)35-29(45)18-31(46)47-35/h8,10-11,14-15,17-18,21-26,28,30,32,34,36,47,49-50H,6-7,9,12-13,16,19-20H2,1-5H3,(H,48,52)(H,53,54)/b10-8+,17-11+,37-33?/t22-,23+,24-,25+,26-,28+,30+,32-,34+,36-,42-,43+,44+/m0/s1. The first-order valence-electron chi connectivity index (χ1n) is 20.5. The molecular formula is C44H54Cl2N2O10. The maximum atomic E-state index is 15.0. The normalized spacial score (nSPS) is 41.1. The lowest BCUT2D eigenvalue weighted by molar-refractivity contribution is -0.258. The van der Waals surface area contributed by atoms with E-state index in [1.165, 1.54) is 6.07 Å². The van der Waals surface area contributed by atoms with E-state index in [4.69, 9.17) is 37.4 Å². The number of carboxylic acids is 1. The number of carboxylic acid groups (broad SMARTS) is 1. The van der Waals surface area contributed by atoms with Crippen LogP contribution >= 0.6 is 23.2 Å². The van der Waals surface area contributed by atoms with Crippen molar-refractivity contribution in [3.63, 3.8) is 0 Å². The molecule has 4 aliphatic carbocycles. The number of Topliss-reactive ketones (excluding diaryl/α,β-unsaturated/α-hetero) is 1. The van der Waals surface area contributed by atoms with Crippen LogP contribution in [0.15, 0.2) is 65.5 Å². The van der Waals surface area contributed by atoms with Crippen molar-refractivity contribution in [2.75, 3.05) is 0 Å². The Balaban J connectivity index is 1.22. The van der Waals surface area contributed by atoms with Gasteiger partial charge in [0.15, 0.2) is 11.9 Å². The Morgan fingerprint density at radius 1 is 1.10 bits per heavy atom. The minimum absolute atomic E-state index is 0.0220. The molecule has 1 saturated carbocycles. The highest BCUT2D eigenvalue weighted by Crippen LogP contribution is 2.61. The molecule has 3 heterocycles. The summed E-state index contributed by atoms with van der Waals surface area (Å²) >= 11 is 12.2. The molecule has 0 unspecified atom stereocenters. The van der Waals surface area contributed by atoms with Gasteiger partial charge in [-0.15, -0.1) is 0 Å². The predicted molar refractivity (Wildman–Crippen MR) is 216 cm³/mol. The fourth-order valence-corrected chi connectivity index (χ4v) is 11.5. The number of aliphatic hydroxyl groups is 2. The number of aliphatic hydroxyl groups excluding tert-OH is 2. The van der Waals surface area contributed by atoms with Gasteiger partial charge >= 0.3 is 11.9 Å². The van der Waals surface area contributed by atoms with Crippen LogP contribution in [0.1, 0.15) is 96.5 Å². The van der Waals surface area contributed by atoms with Gasteiger partial charge in [-0.05, 0) is 82.1 Å². The van der Waals surface area contributed by atoms with Crippen molar-refractivity contribution < 1.29 is 48.7 Å². The van der Waals surface area contributed by atoms with Gasteiger partial charge in [0.1, 0.15) is 22.2 Å². The van der Waals surface area contributed by atoms with E-state index < -0.39 is 76.6 Å². The number of allylic oxidation sites excluding steroid dienone is 5. The highest BCUT2D eigenvalue weighted by atomic mass is 35.5. The van der Waals surface area contributed by atoms with Gasteiger partial charge in [-0.25, -0.2) is 9.59 Å². The van der Waals surface area contributed by atoms with Crippen LogP contribution in [-0.2, 0) is 28.6 Å². The summed E-state index contributed by atoms with van der Waals surface area (Å²) in [5.41, 5.74) is -4.19. The Kier molecular flexibility index (Phi) is 11.8. The number of esters is 1. The minimum atomic E-state index is -1.74. The third kappa shape index (κ3) is 6.90. The molecule has 14 heteroatoms. The summed E-state index contributed by atoms with van der Waals surface area (Å²) in [7, 11) is 0. The summed E-state index contributed by atoms with van der Waals surface area (Å²) < 4.78 is 19.3. The molecule has 3 fully saturated rings. The van der Waals surface area contributed by atoms with Gasteiger partial charge in [0.2, 0.25) is 5.78 Å². The first-order chi connectivity index (χ1) is 27.5. The van der Waals surface area contributed by atoms with Crippen molar-refractivity contribution in [3.05, 3.63) is 81.4 Å². The van der Waals surface area contributed by atoms with E-state index in [0.717, 1.165) is 6.42 Å². The van der Waals surface area contributed by atoms with E-state index in [1.807, 2.05) is 26.0 Å². The molecule has 7 rings (SSSR count). The highest BCUT2D eigenvalue weighted by Gasteiger charge is 2.67. The summed E-state index contributed by atoms with van der Waals surface area (Å²) in [6, 6.07) is 0.665. The van der Waals surface area contributed by atoms with Gasteiger partial charge in [0, 0.05) is 29.7 Å². The fraction of sp³-hybridized carbons (Fsp3) is 0.591. The molecule has 6 aliphatic rings. The molecule has 2 bridgehead atoms. The van der Waals surface area contributed by atoms with Crippen LogP contribution < -0.4 is 5.32 Å². The zero-order chi connectivity index (χ0) is 41.9. The minimum Gasteiger partial charge on any atom is -0.511 e. The number of amides is 1. The van der Waals surface area contributed by atoms with Gasteiger partial charge in [-0.3, -0.25) is 9.59 Å². The predicted octanol–water partition coefficient (Wildman–Crippen LogP) is 7.58. The summed E-state index contributed by atoms with van der Waals surface area (Å²) in [4.78, 5) is 57.4. The molecule has 314 valence electrons. The fourth-order valence-electron chi connectivity index (χ4n) is 11.0. The summed E-state index contributed by atoms with van der Waals surface area (Å²) in [6.45, 7) is 9.40. The molecule has 1 aromatic heterocycles. The van der Waals surface area contributed by atoms with Crippen LogP contribution in [0.2, 0.25) is 10.2 Å². The van der Waals surface area contributed by atoms with Crippen molar-refractivity contribution in [1.82, 2.24) is 10.3 Å². The van der Waals surface area contributed by atoms with Crippen LogP contribution in [0.4, 0.5) is 0 Å². The summed E-state index contributed by atoms with van der Waals surface area (Å²) in [5, 5.41) is 37.4. The maximum Gasteiger partial charge on any atom is 0.346 e. The number of halogens is 2. The van der Waals surface area contributed by atoms with Crippen LogP contribution in [-0.4, -0.2) is 80.2 Å². The van der Waals surface area contributed by atoms with Crippen LogP contribution in [0.25, 0.3) is 0 Å². The topological polar surface area (TPSA) is 184 Å². The molecule has 58 heavy (non-hydrogen) atoms. The Hall–Kier alpha value is -3.68. The number of nitrogens with one attached hydrogen (secondary N) is 2. The molecule has 2 saturated heterocycles. The van der Waals surface area contributed by atoms with E-state index >= 15 is 4.79 Å². The molecule has 1 spiro atoms. The Morgan fingerprint density at radius 3 is 2.52 bits per heavy atom. The molecular weight excluding hydrogens is 787 g/mol. The van der Waals surface area contributed by atoms with E-state index in [1.54, 1.807) is 26.0 Å². The number of ether oxygens (including phenoxy) is 3. The van der Waals surface area contributed by atoms with Crippen LogP contribution in [0.5, 0.6) is 0 Å². The van der Waals surface area contributed by atoms with Crippen molar-refractivity contribution in [3.8, 4) is 0 Å². The van der Waals surface area contributed by atoms with Crippen molar-refractivity contribution in [2.45, 2.75) is 122 Å². The number of aromatic nitrogens is 1. The number of aromatic amines is 1. The molecule has 12 nitrogen and oxygen atoms in total. The highest BCUT2D eigenvalue weighted by molar-refractivity contribution is 6.36. The molecule has 0 aromatic carbocycles. The molecule has 5 N–H and O–H groups in total. The largest absolute Gasteiger partial charge is 0.511 e. The number of ketones is 1. The number of rotatable bonds is 7. The second-order valence-corrected chi connectivity index (χ2v) is 18.1. The second-order valence-electron chi connectivity index (χ2n) is 17.2. The third-order valence-corrected chi connectivity index (χ3v) is 14.7. The number of carbonyl (C=O) groups excluding carboxylic acids is 3. The van der Waals surface area contributed by atoms with Crippen LogP contribution in [0, 0.1) is 40.4 Å². The van der Waals surface area contributed by atoms with Crippen molar-refractivity contribution in [2.24, 2.45) is 40.4 Å². The zero-order valence-corrected chi connectivity index (χ0v) is 35.0. The zero-order valence-electron chi connectivity index (χ0n) is 33.5. The molecule has 13 atom stereocenters. The lowest BCUT2D eigenvalue weighted by Crippen LogP contribution is -2.58. The van der Waals surface area contributed by atoms with Gasteiger partial charge < -0.3 is 39.8 Å². The average Bonchev–Trinajstić information content (AvgIpc) is 3.65. The van der Waals surface area contributed by atoms with Gasteiger partial charge in [0.25, 0.3) is 5.91 Å². The summed E-state index contributed by atoms with van der Waals surface area (Å²) in [5.74, 6) is -4.71. The van der Waals surface area contributed by atoms with Gasteiger partial charge in [-0.1, -0.05) is 86.5 Å². The smallest absolute Gasteiger partial charge is 0.346 e. The molecule has 2 aliphatic heterocycles. The first kappa shape index (κ1) is 42.4. The van der Waals surface area contributed by atoms with E-state index in [-0.39, 0.29) is 69.3 Å². The number of hydrogen-bond acceptors (Lipinski definition) is 9. The van der Waals surface area contributed by atoms with Gasteiger partial charge in [-0.2, -0.15) is 0 Å². The van der Waals surface area contributed by atoms with E-state index in [0.29, 0.717) is 32.1 Å².